The van der Waals surface area contributed by atoms with Gasteiger partial charge in [-0.15, -0.1) is 0 Å². The van der Waals surface area contributed by atoms with E-state index in [1.54, 1.807) is 12.1 Å². The molecule has 0 aliphatic heterocycles. The summed E-state index contributed by atoms with van der Waals surface area (Å²) in [6.07, 6.45) is -5.01. The first-order chi connectivity index (χ1) is 13.3. The summed E-state index contributed by atoms with van der Waals surface area (Å²) in [4.78, 5) is 7.90. The van der Waals surface area contributed by atoms with E-state index in [4.69, 9.17) is 15.0 Å². The van der Waals surface area contributed by atoms with Crippen LogP contribution in [0.4, 0.5) is 27.8 Å². The number of nitrogens with two attached hydrogens (primary N) is 1. The molecule has 0 bridgehead atoms. The molecule has 28 heavy (non-hydrogen) atoms. The van der Waals surface area contributed by atoms with Crippen LogP contribution in [0.25, 0.3) is 22.8 Å². The Morgan fingerprint density at radius 2 is 1.89 bits per heavy atom. The van der Waals surface area contributed by atoms with E-state index in [0.717, 1.165) is 6.07 Å². The Labute approximate surface area is 155 Å². The molecule has 6 nitrogen and oxygen atoms in total. The van der Waals surface area contributed by atoms with Crippen molar-refractivity contribution in [1.82, 2.24) is 15.1 Å². The summed E-state index contributed by atoms with van der Waals surface area (Å²) in [7, 11) is 0. The number of hydrogen-bond acceptors (Lipinski definition) is 6. The number of hydrogen-bond donors (Lipinski definition) is 1. The smallest absolute Gasteiger partial charge is 0.419 e. The molecule has 0 saturated heterocycles. The van der Waals surface area contributed by atoms with Gasteiger partial charge in [0.05, 0.1) is 11.1 Å². The lowest BCUT2D eigenvalue weighted by molar-refractivity contribution is -0.139. The molecule has 3 aromatic rings. The van der Waals surface area contributed by atoms with Gasteiger partial charge in [-0.05, 0) is 30.3 Å². The number of ether oxygens (including phenoxy) is 1. The third-order valence-electron chi connectivity index (χ3n) is 3.68. The van der Waals surface area contributed by atoms with Gasteiger partial charge in [-0.1, -0.05) is 5.16 Å². The van der Waals surface area contributed by atoms with Crippen LogP contribution in [0.15, 0.2) is 41.1 Å². The topological polar surface area (TPSA) is 87.1 Å². The zero-order chi connectivity index (χ0) is 20.3. The van der Waals surface area contributed by atoms with Crippen molar-refractivity contribution in [3.8, 4) is 28.6 Å². The lowest BCUT2D eigenvalue weighted by Gasteiger charge is -2.18. The van der Waals surface area contributed by atoms with Crippen molar-refractivity contribution in [2.75, 3.05) is 19.1 Å². The Morgan fingerprint density at radius 3 is 2.54 bits per heavy atom. The molecule has 0 atom stereocenters. The van der Waals surface area contributed by atoms with Crippen LogP contribution in [-0.4, -0.2) is 34.6 Å². The van der Waals surface area contributed by atoms with Crippen LogP contribution in [0.3, 0.4) is 0 Å². The minimum Gasteiger partial charge on any atom is -0.484 e. The monoisotopic (exact) mass is 400 g/mol. The minimum absolute atomic E-state index is 0.0457. The van der Waals surface area contributed by atoms with Gasteiger partial charge in [-0.2, -0.15) is 18.2 Å². The third-order valence-corrected chi connectivity index (χ3v) is 3.68. The summed E-state index contributed by atoms with van der Waals surface area (Å²) in [6.45, 7) is -2.54. The number of pyridine rings is 1. The van der Waals surface area contributed by atoms with Crippen LogP contribution in [0, 0.1) is 0 Å². The molecule has 2 heterocycles. The lowest BCUT2D eigenvalue weighted by atomic mass is 10.1. The number of anilines is 1. The second-order valence-electron chi connectivity index (χ2n) is 5.62. The van der Waals surface area contributed by atoms with E-state index < -0.39 is 36.9 Å². The first-order valence-corrected chi connectivity index (χ1v) is 7.88. The minimum atomic E-state index is -4.83. The van der Waals surface area contributed by atoms with E-state index in [-0.39, 0.29) is 23.1 Å². The molecule has 11 heteroatoms. The predicted molar refractivity (Wildman–Crippen MR) is 88.7 cm³/mol. The van der Waals surface area contributed by atoms with Gasteiger partial charge < -0.3 is 15.0 Å². The number of halogens is 5. The predicted octanol–water partition coefficient (Wildman–Crippen LogP) is 4.09. The van der Waals surface area contributed by atoms with Crippen molar-refractivity contribution in [2.45, 2.75) is 12.3 Å². The van der Waals surface area contributed by atoms with Gasteiger partial charge in [0.2, 0.25) is 5.82 Å². The van der Waals surface area contributed by atoms with Crippen LogP contribution >= 0.6 is 0 Å². The Morgan fingerprint density at radius 1 is 1.14 bits per heavy atom. The Kier molecular flexibility index (Phi) is 5.43. The lowest BCUT2D eigenvalue weighted by Crippen LogP contribution is -2.23. The normalized spacial score (nSPS) is 11.8. The van der Waals surface area contributed by atoms with Crippen LogP contribution in [-0.2, 0) is 6.18 Å². The van der Waals surface area contributed by atoms with Crippen molar-refractivity contribution in [2.24, 2.45) is 0 Å². The summed E-state index contributed by atoms with van der Waals surface area (Å²) in [5, 5.41) is 3.70. The molecule has 0 unspecified atom stereocenters. The number of nitrogens with zero attached hydrogens (tertiary/aromatic N) is 3. The average Bonchev–Trinajstić information content (AvgIpc) is 3.15. The second-order valence-corrected chi connectivity index (χ2v) is 5.62. The maximum absolute atomic E-state index is 13.4. The molecule has 1 aromatic carbocycles. The average molecular weight is 400 g/mol. The number of alkyl halides is 5. The van der Waals surface area contributed by atoms with Gasteiger partial charge in [0.1, 0.15) is 24.9 Å². The van der Waals surface area contributed by atoms with Crippen LogP contribution in [0.1, 0.15) is 5.56 Å². The van der Waals surface area contributed by atoms with Gasteiger partial charge in [-0.3, -0.25) is 0 Å². The maximum atomic E-state index is 13.4. The molecule has 148 valence electrons. The summed E-state index contributed by atoms with van der Waals surface area (Å²) < 4.78 is 75.1. The van der Waals surface area contributed by atoms with Gasteiger partial charge in [-0.25, -0.2) is 13.8 Å². The van der Waals surface area contributed by atoms with Crippen LogP contribution in [0.5, 0.6) is 5.75 Å². The zero-order valence-electron chi connectivity index (χ0n) is 14.1. The molecule has 0 aliphatic carbocycles. The van der Waals surface area contributed by atoms with Gasteiger partial charge in [0.15, 0.2) is 6.10 Å². The van der Waals surface area contributed by atoms with E-state index in [1.807, 2.05) is 0 Å². The zero-order valence-corrected chi connectivity index (χ0v) is 14.1. The van der Waals surface area contributed by atoms with Crippen molar-refractivity contribution >= 4 is 5.82 Å². The molecular weight excluding hydrogens is 387 g/mol. The van der Waals surface area contributed by atoms with E-state index in [1.165, 1.54) is 12.3 Å². The summed E-state index contributed by atoms with van der Waals surface area (Å²) in [5.74, 6) is -0.738. The molecule has 0 saturated carbocycles. The maximum Gasteiger partial charge on any atom is 0.419 e. The Bertz CT molecular complexity index is 957. The van der Waals surface area contributed by atoms with Crippen LogP contribution < -0.4 is 10.5 Å². The fraction of sp³-hybridized carbons (Fsp3) is 0.235. The van der Waals surface area contributed by atoms with Crippen molar-refractivity contribution in [3.63, 3.8) is 0 Å². The third kappa shape index (κ3) is 4.02. The van der Waals surface area contributed by atoms with E-state index in [9.17, 15) is 22.0 Å². The van der Waals surface area contributed by atoms with Gasteiger partial charge in [0.25, 0.3) is 5.89 Å². The molecule has 0 amide bonds. The SMILES string of the molecule is Nc1ncccc1-c1noc(-c2ccc(OC(CF)CF)c(C(F)(F)F)c2)n1. The standard InChI is InChI=1S/C17H13F5N4O2/c18-7-10(8-19)27-13-4-3-9(6-12(13)17(20,21)22)16-25-15(26-28-16)11-2-1-5-24-14(11)23/h1-6,10H,7-8H2,(H2,23,24). The summed E-state index contributed by atoms with van der Waals surface area (Å²) >= 11 is 0. The number of rotatable bonds is 6. The highest BCUT2D eigenvalue weighted by molar-refractivity contribution is 5.69. The fourth-order valence-electron chi connectivity index (χ4n) is 2.33. The molecule has 0 aliphatic rings. The molecular formula is C17H13F5N4O2. The highest BCUT2D eigenvalue weighted by Gasteiger charge is 2.36. The van der Waals surface area contributed by atoms with Crippen LogP contribution in [0.2, 0.25) is 0 Å². The van der Waals surface area contributed by atoms with Crippen molar-refractivity contribution < 1.29 is 31.2 Å². The summed E-state index contributed by atoms with van der Waals surface area (Å²) in [5.41, 5.74) is 4.78. The Hall–Kier alpha value is -3.24. The molecule has 0 spiro atoms. The van der Waals surface area contributed by atoms with E-state index >= 15 is 0 Å². The first kappa shape index (κ1) is 19.5. The highest BCUT2D eigenvalue weighted by Crippen LogP contribution is 2.39. The van der Waals surface area contributed by atoms with Crippen molar-refractivity contribution in [1.29, 1.82) is 0 Å². The van der Waals surface area contributed by atoms with E-state index in [0.29, 0.717) is 11.6 Å². The summed E-state index contributed by atoms with van der Waals surface area (Å²) in [6, 6.07) is 6.01. The second kappa shape index (κ2) is 7.79. The molecule has 0 fully saturated rings. The number of benzene rings is 1. The van der Waals surface area contributed by atoms with E-state index in [2.05, 4.69) is 15.1 Å². The number of aromatic nitrogens is 3. The quantitative estimate of drug-likeness (QED) is 0.628. The fourth-order valence-corrected chi connectivity index (χ4v) is 2.33. The molecule has 3 rings (SSSR count). The molecule has 0 radical (unpaired) electrons. The first-order valence-electron chi connectivity index (χ1n) is 7.88. The van der Waals surface area contributed by atoms with Crippen molar-refractivity contribution in [3.05, 3.63) is 42.1 Å². The molecule has 2 aromatic heterocycles. The largest absolute Gasteiger partial charge is 0.484 e. The van der Waals surface area contributed by atoms with Gasteiger partial charge in [0, 0.05) is 11.8 Å². The highest BCUT2D eigenvalue weighted by atomic mass is 19.4. The number of nitrogen functional groups attached to an aromatic ring is 1. The Balaban J connectivity index is 1.98. The van der Waals surface area contributed by atoms with Gasteiger partial charge >= 0.3 is 6.18 Å². The molecule has 2 N–H and O–H groups in total.